The van der Waals surface area contributed by atoms with E-state index in [1.165, 1.54) is 10.5 Å². The van der Waals surface area contributed by atoms with E-state index in [0.29, 0.717) is 18.9 Å². The van der Waals surface area contributed by atoms with Gasteiger partial charge in [-0.15, -0.1) is 0 Å². The molecule has 0 saturated carbocycles. The minimum absolute atomic E-state index is 0.0659. The molecule has 1 saturated heterocycles. The predicted molar refractivity (Wildman–Crippen MR) is 95.3 cm³/mol. The van der Waals surface area contributed by atoms with Gasteiger partial charge in [0.15, 0.2) is 0 Å². The zero-order valence-corrected chi connectivity index (χ0v) is 15.3. The number of para-hydroxylation sites is 1. The van der Waals surface area contributed by atoms with Crippen molar-refractivity contribution >= 4 is 11.8 Å². The molecule has 1 aliphatic heterocycles. The number of amides is 1. The Morgan fingerprint density at radius 3 is 2.58 bits per heavy atom. The first-order valence-electron chi connectivity index (χ1n) is 8.65. The second-order valence-electron chi connectivity index (χ2n) is 7.72. The minimum atomic E-state index is -1.12. The molecule has 0 aliphatic carbocycles. The maximum atomic E-state index is 14.6. The highest BCUT2D eigenvalue weighted by Gasteiger charge is 2.33. The summed E-state index contributed by atoms with van der Waals surface area (Å²) in [4.78, 5) is 13.5. The average molecular weight is 336 g/mol. The summed E-state index contributed by atoms with van der Waals surface area (Å²) in [6.07, 6.45) is -0.995. The minimum Gasteiger partial charge on any atom is -0.444 e. The van der Waals surface area contributed by atoms with Gasteiger partial charge in [-0.1, -0.05) is 32.0 Å². The van der Waals surface area contributed by atoms with Crippen LogP contribution >= 0.6 is 0 Å². The van der Waals surface area contributed by atoms with Gasteiger partial charge in [-0.2, -0.15) is 0 Å². The van der Waals surface area contributed by atoms with Gasteiger partial charge < -0.3 is 15.0 Å². The number of nitrogens with one attached hydrogen (secondary N) is 1. The van der Waals surface area contributed by atoms with Crippen LogP contribution in [0.25, 0.3) is 0 Å². The lowest BCUT2D eigenvalue weighted by atomic mass is 9.98. The molecule has 0 spiro atoms. The van der Waals surface area contributed by atoms with Crippen LogP contribution in [0.15, 0.2) is 24.3 Å². The molecule has 1 N–H and O–H groups in total. The number of likely N-dealkylation sites (tertiary alicyclic amines) is 1. The molecule has 0 aromatic heterocycles. The Bertz CT molecular complexity index is 569. The normalized spacial score (nSPS) is 21.7. The highest BCUT2D eigenvalue weighted by atomic mass is 19.1. The van der Waals surface area contributed by atoms with Crippen molar-refractivity contribution in [3.63, 3.8) is 0 Å². The number of piperidine rings is 1. The fourth-order valence-electron chi connectivity index (χ4n) is 2.89. The van der Waals surface area contributed by atoms with E-state index in [0.717, 1.165) is 5.69 Å². The summed E-state index contributed by atoms with van der Waals surface area (Å²) in [5.74, 6) is 0.369. The van der Waals surface area contributed by atoms with Gasteiger partial charge in [-0.05, 0) is 44.7 Å². The number of halogens is 1. The van der Waals surface area contributed by atoms with Gasteiger partial charge in [0.25, 0.3) is 0 Å². The van der Waals surface area contributed by atoms with Crippen molar-refractivity contribution in [2.24, 2.45) is 0 Å². The van der Waals surface area contributed by atoms with Gasteiger partial charge in [0.1, 0.15) is 11.8 Å². The Kier molecular flexibility index (Phi) is 5.73. The smallest absolute Gasteiger partial charge is 0.410 e. The number of hydrogen-bond acceptors (Lipinski definition) is 3. The van der Waals surface area contributed by atoms with E-state index in [9.17, 15) is 9.18 Å². The largest absolute Gasteiger partial charge is 0.444 e. The molecule has 0 radical (unpaired) electrons. The van der Waals surface area contributed by atoms with Crippen molar-refractivity contribution in [3.8, 4) is 0 Å². The van der Waals surface area contributed by atoms with E-state index >= 15 is 0 Å². The van der Waals surface area contributed by atoms with Crippen molar-refractivity contribution in [2.45, 2.75) is 64.8 Å². The predicted octanol–water partition coefficient (Wildman–Crippen LogP) is 4.57. The Labute approximate surface area is 144 Å². The summed E-state index contributed by atoms with van der Waals surface area (Å²) in [5.41, 5.74) is 1.60. The summed E-state index contributed by atoms with van der Waals surface area (Å²) in [5, 5.41) is 3.33. The Morgan fingerprint density at radius 1 is 1.33 bits per heavy atom. The molecule has 24 heavy (non-hydrogen) atoms. The molecule has 0 bridgehead atoms. The first kappa shape index (κ1) is 18.6. The SMILES string of the molecule is CC(C)c1ccccc1N[C@@H]1CCN(C(=O)OC(C)(C)C)C[C@H]1F. The van der Waals surface area contributed by atoms with E-state index in [-0.39, 0.29) is 12.6 Å². The second kappa shape index (κ2) is 7.41. The fraction of sp³-hybridized carbons (Fsp3) is 0.632. The molecule has 1 fully saturated rings. The second-order valence-corrected chi connectivity index (χ2v) is 7.72. The molecule has 4 nitrogen and oxygen atoms in total. The summed E-state index contributed by atoms with van der Waals surface area (Å²) in [6.45, 7) is 10.3. The zero-order valence-electron chi connectivity index (χ0n) is 15.3. The van der Waals surface area contributed by atoms with Crippen LogP contribution in [0.5, 0.6) is 0 Å². The van der Waals surface area contributed by atoms with Crippen LogP contribution < -0.4 is 5.32 Å². The van der Waals surface area contributed by atoms with Crippen molar-refractivity contribution in [1.29, 1.82) is 0 Å². The third-order valence-corrected chi connectivity index (χ3v) is 4.12. The van der Waals surface area contributed by atoms with Gasteiger partial charge >= 0.3 is 6.09 Å². The molecular formula is C19H29FN2O2. The number of ether oxygens (including phenoxy) is 1. The van der Waals surface area contributed by atoms with Gasteiger partial charge in [-0.25, -0.2) is 9.18 Å². The van der Waals surface area contributed by atoms with Crippen molar-refractivity contribution in [1.82, 2.24) is 4.90 Å². The summed E-state index contributed by atoms with van der Waals surface area (Å²) < 4.78 is 19.9. The summed E-state index contributed by atoms with van der Waals surface area (Å²) in [6, 6.07) is 7.72. The Balaban J connectivity index is 1.98. The van der Waals surface area contributed by atoms with Crippen LogP contribution in [0, 0.1) is 0 Å². The lowest BCUT2D eigenvalue weighted by Gasteiger charge is -2.36. The zero-order chi connectivity index (χ0) is 17.9. The van der Waals surface area contributed by atoms with Crippen LogP contribution in [-0.2, 0) is 4.74 Å². The van der Waals surface area contributed by atoms with Crippen LogP contribution in [0.1, 0.15) is 52.5 Å². The van der Waals surface area contributed by atoms with Crippen LogP contribution in [0.4, 0.5) is 14.9 Å². The van der Waals surface area contributed by atoms with E-state index in [1.807, 2.05) is 39.0 Å². The monoisotopic (exact) mass is 336 g/mol. The standard InChI is InChI=1S/C19H29FN2O2/c1-13(2)14-8-6-7-9-16(14)21-17-10-11-22(12-15(17)20)18(23)24-19(3,4)5/h6-9,13,15,17,21H,10-12H2,1-5H3/t15-,17-/m1/s1. The number of carbonyl (C=O) groups excluding carboxylic acids is 1. The number of alkyl halides is 1. The third-order valence-electron chi connectivity index (χ3n) is 4.12. The first-order valence-corrected chi connectivity index (χ1v) is 8.65. The molecule has 0 unspecified atom stereocenters. The highest BCUT2D eigenvalue weighted by Crippen LogP contribution is 2.27. The summed E-state index contributed by atoms with van der Waals surface area (Å²) >= 11 is 0. The maximum absolute atomic E-state index is 14.6. The molecule has 2 atom stereocenters. The van der Waals surface area contributed by atoms with Crippen LogP contribution in [0.2, 0.25) is 0 Å². The number of benzene rings is 1. The number of rotatable bonds is 3. The van der Waals surface area contributed by atoms with E-state index in [2.05, 4.69) is 25.2 Å². The summed E-state index contributed by atoms with van der Waals surface area (Å²) in [7, 11) is 0. The van der Waals surface area contributed by atoms with Gasteiger partial charge in [-0.3, -0.25) is 0 Å². The first-order chi connectivity index (χ1) is 11.2. The van der Waals surface area contributed by atoms with E-state index in [4.69, 9.17) is 4.74 Å². The fourth-order valence-corrected chi connectivity index (χ4v) is 2.89. The van der Waals surface area contributed by atoms with Crippen molar-refractivity contribution in [2.75, 3.05) is 18.4 Å². The third kappa shape index (κ3) is 4.86. The van der Waals surface area contributed by atoms with Gasteiger partial charge in [0.2, 0.25) is 0 Å². The topological polar surface area (TPSA) is 41.6 Å². The highest BCUT2D eigenvalue weighted by molar-refractivity contribution is 5.68. The Hall–Kier alpha value is -1.78. The number of nitrogens with zero attached hydrogens (tertiary/aromatic N) is 1. The van der Waals surface area contributed by atoms with E-state index in [1.54, 1.807) is 0 Å². The molecule has 1 amide bonds. The average Bonchev–Trinajstić information content (AvgIpc) is 2.47. The lowest BCUT2D eigenvalue weighted by molar-refractivity contribution is 0.0125. The Morgan fingerprint density at radius 2 is 2.00 bits per heavy atom. The molecule has 5 heteroatoms. The molecule has 1 aromatic rings. The van der Waals surface area contributed by atoms with Crippen molar-refractivity contribution in [3.05, 3.63) is 29.8 Å². The van der Waals surface area contributed by atoms with Gasteiger partial charge in [0.05, 0.1) is 12.6 Å². The lowest BCUT2D eigenvalue weighted by Crippen LogP contribution is -2.51. The molecule has 1 aliphatic rings. The molecule has 2 rings (SSSR count). The molecular weight excluding hydrogens is 307 g/mol. The number of carbonyl (C=O) groups is 1. The van der Waals surface area contributed by atoms with Gasteiger partial charge in [0, 0.05) is 12.2 Å². The maximum Gasteiger partial charge on any atom is 0.410 e. The van der Waals surface area contributed by atoms with Crippen LogP contribution in [-0.4, -0.2) is 41.9 Å². The molecule has 1 heterocycles. The number of hydrogen-bond donors (Lipinski definition) is 1. The van der Waals surface area contributed by atoms with Crippen LogP contribution in [0.3, 0.4) is 0 Å². The quantitative estimate of drug-likeness (QED) is 0.879. The molecule has 134 valence electrons. The van der Waals surface area contributed by atoms with Crippen molar-refractivity contribution < 1.29 is 13.9 Å². The number of anilines is 1. The molecule has 1 aromatic carbocycles. The van der Waals surface area contributed by atoms with E-state index < -0.39 is 17.9 Å².